The maximum absolute atomic E-state index is 11.9. The van der Waals surface area contributed by atoms with Crippen molar-refractivity contribution in [3.8, 4) is 5.75 Å². The lowest BCUT2D eigenvalue weighted by molar-refractivity contribution is 0.378. The van der Waals surface area contributed by atoms with Crippen LogP contribution in [0.2, 0.25) is 0 Å². The normalized spacial score (nSPS) is 14.3. The summed E-state index contributed by atoms with van der Waals surface area (Å²) in [7, 11) is 0.0115. The van der Waals surface area contributed by atoms with Crippen LogP contribution in [0.3, 0.4) is 0 Å². The molecule has 0 saturated carbocycles. The largest absolute Gasteiger partial charge is 0.495 e. The van der Waals surface area contributed by atoms with Crippen LogP contribution in [0, 0.1) is 0 Å². The summed E-state index contributed by atoms with van der Waals surface area (Å²) in [6.07, 6.45) is 2.85. The van der Waals surface area contributed by atoms with Gasteiger partial charge in [0.05, 0.1) is 17.9 Å². The van der Waals surface area contributed by atoms with E-state index in [4.69, 9.17) is 4.74 Å². The van der Waals surface area contributed by atoms with Gasteiger partial charge in [-0.15, -0.1) is 0 Å². The lowest BCUT2D eigenvalue weighted by Gasteiger charge is -2.32. The van der Waals surface area contributed by atoms with Gasteiger partial charge >= 0.3 is 0 Å². The smallest absolute Gasteiger partial charge is 0.154 e. The second-order valence-electron chi connectivity index (χ2n) is 4.69. The summed E-state index contributed by atoms with van der Waals surface area (Å²) in [6.45, 7) is 3.36. The molecule has 1 heterocycles. The first-order chi connectivity index (χ1) is 8.25. The zero-order valence-electron chi connectivity index (χ0n) is 11.4. The zero-order valence-corrected chi connectivity index (χ0v) is 12.2. The maximum Gasteiger partial charge on any atom is 0.154 e. The third-order valence-corrected chi connectivity index (χ3v) is 5.38. The van der Waals surface area contributed by atoms with Gasteiger partial charge in [-0.2, -0.15) is 0 Å². The second kappa shape index (κ2) is 5.24. The summed E-state index contributed by atoms with van der Waals surface area (Å²) >= 11 is 0. The number of rotatable bonds is 5. The molecule has 1 unspecified atom stereocenters. The predicted molar refractivity (Wildman–Crippen MR) is 71.5 cm³/mol. The summed E-state index contributed by atoms with van der Waals surface area (Å²) in [5.74, 6) is 0.577. The van der Waals surface area contributed by atoms with Crippen molar-refractivity contribution in [2.75, 3.05) is 20.4 Å². The van der Waals surface area contributed by atoms with Crippen LogP contribution in [0.4, 0.5) is 0 Å². The van der Waals surface area contributed by atoms with Crippen LogP contribution in [0.25, 0.3) is 0 Å². The van der Waals surface area contributed by atoms with Gasteiger partial charge in [0.25, 0.3) is 0 Å². The van der Waals surface area contributed by atoms with E-state index in [-0.39, 0.29) is 0 Å². The first kappa shape index (κ1) is 14.9. The molecule has 0 radical (unpaired) electrons. The van der Waals surface area contributed by atoms with E-state index in [0.717, 1.165) is 0 Å². The molecule has 0 aliphatic carbocycles. The summed E-state index contributed by atoms with van der Waals surface area (Å²) in [5, 5.41) is 3.02. The van der Waals surface area contributed by atoms with Gasteiger partial charge in [0, 0.05) is 12.5 Å². The van der Waals surface area contributed by atoms with E-state index in [0.29, 0.717) is 11.4 Å². The Hall–Kier alpha value is -1.14. The highest BCUT2D eigenvalue weighted by Crippen LogP contribution is 2.34. The number of aromatic nitrogens is 1. The Morgan fingerprint density at radius 3 is 2.50 bits per heavy atom. The fourth-order valence-corrected chi connectivity index (χ4v) is 2.48. The molecule has 0 aromatic carbocycles. The number of hydrogen-bond donors (Lipinski definition) is 1. The molecule has 0 aliphatic rings. The lowest BCUT2D eigenvalue weighted by atomic mass is 9.99. The molecule has 0 amide bonds. The zero-order chi connectivity index (χ0) is 14.0. The number of sulfone groups is 1. The van der Waals surface area contributed by atoms with Crippen LogP contribution in [0.5, 0.6) is 5.75 Å². The molecule has 0 bridgehead atoms. The van der Waals surface area contributed by atoms with Crippen molar-refractivity contribution in [2.24, 2.45) is 0 Å². The Labute approximate surface area is 108 Å². The Balaban J connectivity index is 3.35. The molecule has 1 aromatic rings. The van der Waals surface area contributed by atoms with Crippen LogP contribution in [-0.2, 0) is 9.84 Å². The highest BCUT2D eigenvalue weighted by atomic mass is 32.2. The van der Waals surface area contributed by atoms with Gasteiger partial charge in [0.1, 0.15) is 11.4 Å². The quantitative estimate of drug-likeness (QED) is 0.871. The summed E-state index contributed by atoms with van der Waals surface area (Å²) in [6, 6.07) is 3.08. The molecule has 0 spiro atoms. The number of methoxy groups -OCH3 is 1. The standard InChI is InChI=1S/C12H20N2O3S/c1-12(2,18(5,15)16)11(13-3)10-9(17-4)7-6-8-14-10/h6-8,11,13H,1-5H3. The van der Waals surface area contributed by atoms with Crippen molar-refractivity contribution in [2.45, 2.75) is 24.6 Å². The lowest BCUT2D eigenvalue weighted by Crippen LogP contribution is -2.44. The Bertz CT molecular complexity index is 512. The molecule has 1 N–H and O–H groups in total. The van der Waals surface area contributed by atoms with E-state index < -0.39 is 20.6 Å². The fraction of sp³-hybridized carbons (Fsp3) is 0.583. The predicted octanol–water partition coefficient (Wildman–Crippen LogP) is 1.17. The van der Waals surface area contributed by atoms with E-state index in [9.17, 15) is 8.42 Å². The van der Waals surface area contributed by atoms with Crippen molar-refractivity contribution >= 4 is 9.84 Å². The molecule has 1 aromatic heterocycles. The van der Waals surface area contributed by atoms with Gasteiger partial charge in [0.2, 0.25) is 0 Å². The highest BCUT2D eigenvalue weighted by Gasteiger charge is 2.41. The third-order valence-electron chi connectivity index (χ3n) is 3.23. The van der Waals surface area contributed by atoms with Gasteiger partial charge < -0.3 is 10.1 Å². The Morgan fingerprint density at radius 1 is 1.44 bits per heavy atom. The van der Waals surface area contributed by atoms with E-state index in [2.05, 4.69) is 10.3 Å². The van der Waals surface area contributed by atoms with Crippen molar-refractivity contribution in [1.29, 1.82) is 0 Å². The molecule has 6 heteroatoms. The minimum atomic E-state index is -3.24. The van der Waals surface area contributed by atoms with Crippen LogP contribution in [-0.4, -0.2) is 38.6 Å². The van der Waals surface area contributed by atoms with Crippen LogP contribution in [0.1, 0.15) is 25.6 Å². The van der Waals surface area contributed by atoms with Crippen molar-refractivity contribution in [3.05, 3.63) is 24.0 Å². The molecular weight excluding hydrogens is 252 g/mol. The highest BCUT2D eigenvalue weighted by molar-refractivity contribution is 7.92. The number of hydrogen-bond acceptors (Lipinski definition) is 5. The van der Waals surface area contributed by atoms with Crippen LogP contribution >= 0.6 is 0 Å². The van der Waals surface area contributed by atoms with Gasteiger partial charge in [0.15, 0.2) is 9.84 Å². The molecule has 0 saturated heterocycles. The molecule has 1 rings (SSSR count). The molecule has 102 valence electrons. The number of pyridine rings is 1. The molecule has 18 heavy (non-hydrogen) atoms. The average molecular weight is 272 g/mol. The van der Waals surface area contributed by atoms with Gasteiger partial charge in [-0.05, 0) is 33.0 Å². The van der Waals surface area contributed by atoms with Gasteiger partial charge in [-0.1, -0.05) is 0 Å². The summed E-state index contributed by atoms with van der Waals surface area (Å²) in [4.78, 5) is 4.25. The van der Waals surface area contributed by atoms with Crippen LogP contribution < -0.4 is 10.1 Å². The first-order valence-corrected chi connectivity index (χ1v) is 7.50. The van der Waals surface area contributed by atoms with E-state index in [1.807, 2.05) is 0 Å². The molecule has 0 aliphatic heterocycles. The first-order valence-electron chi connectivity index (χ1n) is 5.61. The summed E-state index contributed by atoms with van der Waals surface area (Å²) < 4.78 is 28.1. The minimum absolute atomic E-state index is 0.441. The fourth-order valence-electron chi connectivity index (χ4n) is 1.82. The van der Waals surface area contributed by atoms with Crippen molar-refractivity contribution in [1.82, 2.24) is 10.3 Å². The molecule has 5 nitrogen and oxygen atoms in total. The topological polar surface area (TPSA) is 68.3 Å². The van der Waals surface area contributed by atoms with Gasteiger partial charge in [-0.25, -0.2) is 8.42 Å². The monoisotopic (exact) mass is 272 g/mol. The molecule has 0 fully saturated rings. The minimum Gasteiger partial charge on any atom is -0.495 e. The van der Waals surface area contributed by atoms with Crippen LogP contribution in [0.15, 0.2) is 18.3 Å². The van der Waals surface area contributed by atoms with E-state index in [1.54, 1.807) is 46.3 Å². The number of nitrogens with zero attached hydrogens (tertiary/aromatic N) is 1. The Morgan fingerprint density at radius 2 is 2.06 bits per heavy atom. The van der Waals surface area contributed by atoms with Crippen molar-refractivity contribution in [3.63, 3.8) is 0 Å². The van der Waals surface area contributed by atoms with E-state index >= 15 is 0 Å². The average Bonchev–Trinajstić information content (AvgIpc) is 2.29. The SMILES string of the molecule is CNC(c1ncccc1OC)C(C)(C)S(C)(=O)=O. The maximum atomic E-state index is 11.9. The second-order valence-corrected chi connectivity index (χ2v) is 7.28. The summed E-state index contributed by atoms with van der Waals surface area (Å²) in [5.41, 5.74) is 0.595. The van der Waals surface area contributed by atoms with Crippen molar-refractivity contribution < 1.29 is 13.2 Å². The van der Waals surface area contributed by atoms with E-state index in [1.165, 1.54) is 6.26 Å². The number of ether oxygens (including phenoxy) is 1. The number of nitrogens with one attached hydrogen (secondary N) is 1. The third kappa shape index (κ3) is 2.64. The molecule has 1 atom stereocenters. The Kier molecular flexibility index (Phi) is 4.34. The van der Waals surface area contributed by atoms with Gasteiger partial charge in [-0.3, -0.25) is 4.98 Å². The molecular formula is C12H20N2O3S.